The van der Waals surface area contributed by atoms with Gasteiger partial charge in [-0.3, -0.25) is 0 Å². The molecule has 28 heavy (non-hydrogen) atoms. The molecule has 0 bridgehead atoms. The second kappa shape index (κ2) is 10.8. The number of hydrogen-bond donors (Lipinski definition) is 4. The van der Waals surface area contributed by atoms with Crippen molar-refractivity contribution in [1.29, 1.82) is 0 Å². The Labute approximate surface area is 162 Å². The second-order valence-electron chi connectivity index (χ2n) is 6.71. The number of ether oxygens (including phenoxy) is 1. The van der Waals surface area contributed by atoms with Crippen LogP contribution in [0.5, 0.6) is 0 Å². The molecule has 5 N–H and O–H groups in total. The van der Waals surface area contributed by atoms with E-state index in [-0.39, 0.29) is 12.1 Å². The number of nitrogens with one attached hydrogen (secondary N) is 2. The van der Waals surface area contributed by atoms with Crippen molar-refractivity contribution in [3.63, 3.8) is 0 Å². The molecule has 1 aromatic rings. The first-order valence-corrected chi connectivity index (χ1v) is 8.95. The van der Waals surface area contributed by atoms with Crippen molar-refractivity contribution in [3.8, 4) is 0 Å². The third-order valence-corrected chi connectivity index (χ3v) is 4.04. The number of nitrogens with two attached hydrogens (primary N) is 1. The van der Waals surface area contributed by atoms with Crippen LogP contribution in [0.25, 0.3) is 0 Å². The highest BCUT2D eigenvalue weighted by Gasteiger charge is 2.30. The van der Waals surface area contributed by atoms with E-state index in [9.17, 15) is 18.0 Å². The highest BCUT2D eigenvalue weighted by Crippen LogP contribution is 2.29. The normalized spacial score (nSPS) is 17.0. The van der Waals surface area contributed by atoms with E-state index in [2.05, 4.69) is 10.6 Å². The summed E-state index contributed by atoms with van der Waals surface area (Å²) in [5, 5.41) is 13.4. The molecule has 1 amide bonds. The van der Waals surface area contributed by atoms with E-state index in [1.807, 2.05) is 0 Å². The Balaban J connectivity index is 0.000000480. The van der Waals surface area contributed by atoms with Gasteiger partial charge in [0.25, 0.3) is 0 Å². The van der Waals surface area contributed by atoms with Gasteiger partial charge in [0.2, 0.25) is 0 Å². The summed E-state index contributed by atoms with van der Waals surface area (Å²) in [4.78, 5) is 9.70. The summed E-state index contributed by atoms with van der Waals surface area (Å²) >= 11 is 0. The van der Waals surface area contributed by atoms with Gasteiger partial charge in [0.1, 0.15) is 0 Å². The molecule has 6 nitrogen and oxygen atoms in total. The average molecular weight is 403 g/mol. The molecule has 1 aromatic carbocycles. The molecule has 9 heteroatoms. The zero-order chi connectivity index (χ0) is 21.3. The minimum Gasteiger partial charge on any atom is -0.465 e. The first-order chi connectivity index (χ1) is 13.0. The van der Waals surface area contributed by atoms with E-state index >= 15 is 0 Å². The molecule has 0 saturated carbocycles. The standard InChI is InChI=1S/C15H19F3N2O.C4H9NO2/c1-21-13-4-2-3-12(19)14(13)20-9-10-5-7-11(8-6-10)15(16,17)18;1-3(2)5-4(6)7/h5-8,13,20H,2-4,9,19H2,1H3;3,5H,1-2H3,(H,6,7). The van der Waals surface area contributed by atoms with E-state index in [4.69, 9.17) is 15.6 Å². The number of rotatable bonds is 5. The van der Waals surface area contributed by atoms with Crippen molar-refractivity contribution in [3.05, 3.63) is 46.8 Å². The lowest BCUT2D eigenvalue weighted by Gasteiger charge is -2.27. The smallest absolute Gasteiger partial charge is 0.416 e. The average Bonchev–Trinajstić information content (AvgIpc) is 2.59. The van der Waals surface area contributed by atoms with Crippen molar-refractivity contribution < 1.29 is 27.8 Å². The highest BCUT2D eigenvalue weighted by molar-refractivity contribution is 5.64. The fourth-order valence-corrected chi connectivity index (χ4v) is 2.68. The molecule has 158 valence electrons. The molecule has 0 fully saturated rings. The van der Waals surface area contributed by atoms with E-state index in [1.54, 1.807) is 21.0 Å². The van der Waals surface area contributed by atoms with E-state index in [0.717, 1.165) is 48.4 Å². The molecule has 0 saturated heterocycles. The third kappa shape index (κ3) is 8.08. The molecule has 0 spiro atoms. The predicted octanol–water partition coefficient (Wildman–Crippen LogP) is 3.83. The van der Waals surface area contributed by atoms with Crippen LogP contribution < -0.4 is 16.4 Å². The minimum atomic E-state index is -4.30. The summed E-state index contributed by atoms with van der Waals surface area (Å²) in [6, 6.07) is 5.14. The van der Waals surface area contributed by atoms with Gasteiger partial charge in [-0.05, 0) is 50.8 Å². The van der Waals surface area contributed by atoms with Gasteiger partial charge in [0.05, 0.1) is 17.4 Å². The zero-order valence-electron chi connectivity index (χ0n) is 16.3. The van der Waals surface area contributed by atoms with Crippen LogP contribution in [0.3, 0.4) is 0 Å². The molecule has 1 unspecified atom stereocenters. The maximum atomic E-state index is 12.5. The van der Waals surface area contributed by atoms with Crippen molar-refractivity contribution >= 4 is 6.09 Å². The lowest BCUT2D eigenvalue weighted by atomic mass is 9.98. The fourth-order valence-electron chi connectivity index (χ4n) is 2.68. The fraction of sp³-hybridized carbons (Fsp3) is 0.526. The maximum absolute atomic E-state index is 12.5. The lowest BCUT2D eigenvalue weighted by molar-refractivity contribution is -0.137. The lowest BCUT2D eigenvalue weighted by Crippen LogP contribution is -2.32. The second-order valence-corrected chi connectivity index (χ2v) is 6.71. The van der Waals surface area contributed by atoms with Gasteiger partial charge in [-0.25, -0.2) is 4.79 Å². The van der Waals surface area contributed by atoms with Crippen LogP contribution in [0.2, 0.25) is 0 Å². The van der Waals surface area contributed by atoms with E-state index in [0.29, 0.717) is 6.54 Å². The molecule has 0 aliphatic heterocycles. The van der Waals surface area contributed by atoms with Crippen LogP contribution in [0.4, 0.5) is 18.0 Å². The number of alkyl halides is 3. The van der Waals surface area contributed by atoms with Gasteiger partial charge in [0, 0.05) is 25.4 Å². The van der Waals surface area contributed by atoms with Crippen molar-refractivity contribution in [1.82, 2.24) is 10.6 Å². The number of halogens is 3. The van der Waals surface area contributed by atoms with Crippen LogP contribution in [-0.4, -0.2) is 30.5 Å². The van der Waals surface area contributed by atoms with Gasteiger partial charge in [0.15, 0.2) is 0 Å². The Morgan fingerprint density at radius 2 is 1.93 bits per heavy atom. The maximum Gasteiger partial charge on any atom is 0.416 e. The van der Waals surface area contributed by atoms with Gasteiger partial charge < -0.3 is 26.2 Å². The molecule has 0 radical (unpaired) electrons. The quantitative estimate of drug-likeness (QED) is 0.599. The third-order valence-electron chi connectivity index (χ3n) is 4.04. The first kappa shape index (κ1) is 23.6. The number of carboxylic acid groups (broad SMARTS) is 1. The van der Waals surface area contributed by atoms with E-state index < -0.39 is 17.8 Å². The topological polar surface area (TPSA) is 96.6 Å². The summed E-state index contributed by atoms with van der Waals surface area (Å²) in [5.74, 6) is 0. The van der Waals surface area contributed by atoms with Crippen molar-refractivity contribution in [2.75, 3.05) is 7.11 Å². The summed E-state index contributed by atoms with van der Waals surface area (Å²) in [7, 11) is 1.63. The van der Waals surface area contributed by atoms with Crippen LogP contribution in [0.1, 0.15) is 44.2 Å². The van der Waals surface area contributed by atoms with Crippen LogP contribution in [-0.2, 0) is 17.5 Å². The first-order valence-electron chi connectivity index (χ1n) is 8.95. The number of methoxy groups -OCH3 is 1. The molecular formula is C19H28F3N3O3. The van der Waals surface area contributed by atoms with E-state index in [1.165, 1.54) is 12.1 Å². The van der Waals surface area contributed by atoms with Gasteiger partial charge in [-0.15, -0.1) is 0 Å². The SMILES string of the molecule is CC(C)NC(=O)O.COC1CCCC(N)=C1NCc1ccc(C(F)(F)F)cc1. The van der Waals surface area contributed by atoms with Gasteiger partial charge in [-0.2, -0.15) is 13.2 Å². The molecule has 1 aliphatic carbocycles. The highest BCUT2D eigenvalue weighted by atomic mass is 19.4. The number of hydrogen-bond acceptors (Lipinski definition) is 4. The molecule has 1 atom stereocenters. The van der Waals surface area contributed by atoms with Crippen molar-refractivity contribution in [2.24, 2.45) is 5.73 Å². The molecule has 1 aliphatic rings. The van der Waals surface area contributed by atoms with Gasteiger partial charge >= 0.3 is 12.3 Å². The molecule has 2 rings (SSSR count). The molecule has 0 aromatic heterocycles. The Morgan fingerprint density at radius 1 is 1.32 bits per heavy atom. The Morgan fingerprint density at radius 3 is 2.36 bits per heavy atom. The minimum absolute atomic E-state index is 0.0255. The van der Waals surface area contributed by atoms with Crippen LogP contribution >= 0.6 is 0 Å². The zero-order valence-corrected chi connectivity index (χ0v) is 16.3. The molecule has 0 heterocycles. The Bertz CT molecular complexity index is 659. The number of allylic oxidation sites excluding steroid dienone is 1. The van der Waals surface area contributed by atoms with Crippen molar-refractivity contribution in [2.45, 2.75) is 58.0 Å². The Kier molecular flexibility index (Phi) is 9.11. The Hall–Kier alpha value is -2.42. The monoisotopic (exact) mass is 403 g/mol. The summed E-state index contributed by atoms with van der Waals surface area (Å²) in [6.07, 6.45) is -2.63. The van der Waals surface area contributed by atoms with Gasteiger partial charge in [-0.1, -0.05) is 12.1 Å². The number of carbonyl (C=O) groups is 1. The number of amides is 1. The van der Waals surface area contributed by atoms with Crippen LogP contribution in [0, 0.1) is 0 Å². The number of benzene rings is 1. The molecular weight excluding hydrogens is 375 g/mol. The summed E-state index contributed by atoms with van der Waals surface area (Å²) in [5.41, 5.74) is 7.72. The predicted molar refractivity (Wildman–Crippen MR) is 100 cm³/mol. The summed E-state index contributed by atoms with van der Waals surface area (Å²) in [6.45, 7) is 3.97. The van der Waals surface area contributed by atoms with Crippen LogP contribution in [0.15, 0.2) is 35.7 Å². The largest absolute Gasteiger partial charge is 0.465 e. The summed E-state index contributed by atoms with van der Waals surface area (Å²) < 4.78 is 42.8.